The van der Waals surface area contributed by atoms with Gasteiger partial charge in [-0.1, -0.05) is 0 Å². The zero-order valence-electron chi connectivity index (χ0n) is 6.03. The van der Waals surface area contributed by atoms with E-state index in [0.717, 1.165) is 4.88 Å². The van der Waals surface area contributed by atoms with Gasteiger partial charge in [0.25, 0.3) is 0 Å². The number of nitrogens with one attached hydrogen (secondary N) is 1. The normalized spacial score (nSPS) is 10.5. The molecule has 3 N–H and O–H groups in total. The highest BCUT2D eigenvalue weighted by Crippen LogP contribution is 2.34. The molecule has 1 heterocycles. The fraction of sp³-hybridized carbons (Fsp3) is 0.167. The van der Waals surface area contributed by atoms with Crippen molar-refractivity contribution in [2.75, 3.05) is 6.26 Å². The summed E-state index contributed by atoms with van der Waals surface area (Å²) < 4.78 is 0. The Morgan fingerprint density at radius 3 is 2.73 bits per heavy atom. The summed E-state index contributed by atoms with van der Waals surface area (Å²) in [6, 6.07) is 3.86. The molecule has 5 heteroatoms. The van der Waals surface area contributed by atoms with Gasteiger partial charge in [-0.3, -0.25) is 5.41 Å². The monoisotopic (exact) mass is 209 g/mol. The standard InChI is InChI=1S/C6H9N2S2.ClH/c1-9-10-4-2-3-5(10)6(7)8;/h2-4H,1H3,(H3,7,8);1H/q+1;. The molecule has 0 fully saturated rings. The molecule has 1 aromatic heterocycles. The second-order valence-electron chi connectivity index (χ2n) is 1.74. The fourth-order valence-electron chi connectivity index (χ4n) is 0.682. The highest BCUT2D eigenvalue weighted by atomic mass is 35.5. The third-order valence-corrected chi connectivity index (χ3v) is 4.61. The molecular weight excluding hydrogens is 200 g/mol. The predicted molar refractivity (Wildman–Crippen MR) is 56.1 cm³/mol. The largest absolute Gasteiger partial charge is 0.380 e. The van der Waals surface area contributed by atoms with Crippen LogP contribution in [-0.2, 0) is 0 Å². The first kappa shape index (κ1) is 10.8. The number of rotatable bonds is 2. The van der Waals surface area contributed by atoms with Gasteiger partial charge in [0.2, 0.25) is 4.88 Å². The minimum Gasteiger partial charge on any atom is -0.380 e. The fourth-order valence-corrected chi connectivity index (χ4v) is 3.27. The van der Waals surface area contributed by atoms with Crippen LogP contribution >= 0.6 is 32.7 Å². The first-order valence-electron chi connectivity index (χ1n) is 2.76. The molecule has 1 rings (SSSR count). The van der Waals surface area contributed by atoms with Gasteiger partial charge in [0.05, 0.1) is 9.50 Å². The minimum absolute atomic E-state index is 0. The predicted octanol–water partition coefficient (Wildman–Crippen LogP) is 2.27. The molecular formula is C6H10ClN2S2+. The summed E-state index contributed by atoms with van der Waals surface area (Å²) in [6.07, 6.45) is 2.02. The van der Waals surface area contributed by atoms with Gasteiger partial charge in [-0.25, -0.2) is 0 Å². The molecule has 0 spiro atoms. The Hall–Kier alpha value is -0.190. The van der Waals surface area contributed by atoms with Crippen LogP contribution < -0.4 is 5.73 Å². The first-order chi connectivity index (χ1) is 4.75. The van der Waals surface area contributed by atoms with Gasteiger partial charge >= 0.3 is 0 Å². The number of halogens is 1. The Morgan fingerprint density at radius 2 is 2.36 bits per heavy atom. The number of nitrogens with two attached hydrogens (primary N) is 1. The van der Waals surface area contributed by atoms with Crippen molar-refractivity contribution >= 4 is 38.5 Å². The number of thiophene rings is 1. The van der Waals surface area contributed by atoms with Gasteiger partial charge in [-0.05, 0) is 6.07 Å². The average Bonchev–Trinajstić information content (AvgIpc) is 2.33. The summed E-state index contributed by atoms with van der Waals surface area (Å²) in [5.74, 6) is 0.197. The Labute approximate surface area is 78.5 Å². The molecule has 1 atom stereocenters. The average molecular weight is 210 g/mol. The van der Waals surface area contributed by atoms with Crippen LogP contribution in [0.15, 0.2) is 17.5 Å². The second-order valence-corrected chi connectivity index (χ2v) is 5.45. The van der Waals surface area contributed by atoms with E-state index in [1.54, 1.807) is 10.8 Å². The van der Waals surface area contributed by atoms with E-state index in [1.807, 2.05) is 18.4 Å². The van der Waals surface area contributed by atoms with Crippen molar-refractivity contribution in [3.05, 3.63) is 22.4 Å². The van der Waals surface area contributed by atoms with Gasteiger partial charge in [-0.2, -0.15) is 0 Å². The van der Waals surface area contributed by atoms with E-state index in [2.05, 4.69) is 5.38 Å². The summed E-state index contributed by atoms with van der Waals surface area (Å²) >= 11 is 0. The van der Waals surface area contributed by atoms with Gasteiger partial charge < -0.3 is 5.73 Å². The van der Waals surface area contributed by atoms with Gasteiger partial charge in [0.1, 0.15) is 10.8 Å². The van der Waals surface area contributed by atoms with Gasteiger partial charge in [-0.15, -0.1) is 12.4 Å². The molecule has 0 amide bonds. The summed E-state index contributed by atoms with van der Waals surface area (Å²) in [5, 5.41) is 9.26. The van der Waals surface area contributed by atoms with Crippen LogP contribution in [0.4, 0.5) is 0 Å². The first-order valence-corrected chi connectivity index (χ1v) is 5.79. The lowest BCUT2D eigenvalue weighted by Gasteiger charge is -1.85. The summed E-state index contributed by atoms with van der Waals surface area (Å²) in [7, 11) is 1.77. The molecule has 62 valence electrons. The molecule has 0 saturated carbocycles. The Balaban J connectivity index is 0.000001000. The summed E-state index contributed by atoms with van der Waals surface area (Å²) in [5.41, 5.74) is 5.33. The van der Waals surface area contributed by atoms with Crippen molar-refractivity contribution in [1.29, 1.82) is 5.41 Å². The zero-order chi connectivity index (χ0) is 7.56. The third kappa shape index (κ3) is 2.39. The maximum Gasteiger partial charge on any atom is 0.227 e. The van der Waals surface area contributed by atoms with Crippen molar-refractivity contribution in [1.82, 2.24) is 0 Å². The minimum atomic E-state index is 0. The molecule has 11 heavy (non-hydrogen) atoms. The maximum atomic E-state index is 7.19. The second kappa shape index (κ2) is 4.64. The van der Waals surface area contributed by atoms with Crippen LogP contribution in [0.25, 0.3) is 0 Å². The molecule has 1 aromatic rings. The van der Waals surface area contributed by atoms with Crippen LogP contribution in [0.2, 0.25) is 0 Å². The zero-order valence-corrected chi connectivity index (χ0v) is 8.48. The molecule has 0 aliphatic rings. The van der Waals surface area contributed by atoms with Crippen LogP contribution in [0.5, 0.6) is 0 Å². The van der Waals surface area contributed by atoms with Crippen LogP contribution in [0.1, 0.15) is 4.88 Å². The van der Waals surface area contributed by atoms with Crippen LogP contribution in [0.3, 0.4) is 0 Å². The lowest BCUT2D eigenvalue weighted by atomic mass is 10.4. The van der Waals surface area contributed by atoms with E-state index in [0.29, 0.717) is 0 Å². The molecule has 0 radical (unpaired) electrons. The Morgan fingerprint density at radius 1 is 1.73 bits per heavy atom. The van der Waals surface area contributed by atoms with Crippen molar-refractivity contribution < 1.29 is 0 Å². The molecule has 0 aromatic carbocycles. The number of hydrogen-bond donors (Lipinski definition) is 2. The van der Waals surface area contributed by atoms with Crippen LogP contribution in [-0.4, -0.2) is 12.1 Å². The van der Waals surface area contributed by atoms with E-state index >= 15 is 0 Å². The molecule has 2 nitrogen and oxygen atoms in total. The SMILES string of the molecule is CS[s+]1cccc1C(=N)N.Cl. The lowest BCUT2D eigenvalue weighted by molar-refractivity contribution is 1.45. The smallest absolute Gasteiger partial charge is 0.227 e. The quantitative estimate of drug-likeness (QED) is 0.340. The highest BCUT2D eigenvalue weighted by Gasteiger charge is 2.14. The maximum absolute atomic E-state index is 7.19. The number of nitrogen functional groups attached to an aromatic ring is 1. The van der Waals surface area contributed by atoms with Crippen molar-refractivity contribution in [3.8, 4) is 0 Å². The Bertz CT molecular complexity index is 246. The van der Waals surface area contributed by atoms with E-state index in [9.17, 15) is 0 Å². The third-order valence-electron chi connectivity index (χ3n) is 1.11. The van der Waals surface area contributed by atoms with E-state index < -0.39 is 0 Å². The lowest BCUT2D eigenvalue weighted by Crippen LogP contribution is -2.08. The van der Waals surface area contributed by atoms with E-state index in [-0.39, 0.29) is 27.7 Å². The molecule has 0 aliphatic carbocycles. The van der Waals surface area contributed by atoms with Crippen molar-refractivity contribution in [3.63, 3.8) is 0 Å². The molecule has 0 saturated heterocycles. The van der Waals surface area contributed by atoms with Crippen molar-refractivity contribution in [2.45, 2.75) is 0 Å². The Kier molecular flexibility index (Phi) is 4.56. The number of hydrogen-bond acceptors (Lipinski definition) is 2. The highest BCUT2D eigenvalue weighted by molar-refractivity contribution is 8.45. The summed E-state index contributed by atoms with van der Waals surface area (Å²) in [6.45, 7) is 0. The molecule has 0 bridgehead atoms. The summed E-state index contributed by atoms with van der Waals surface area (Å²) in [4.78, 5) is 0.951. The molecule has 0 aliphatic heterocycles. The van der Waals surface area contributed by atoms with E-state index in [4.69, 9.17) is 11.1 Å². The van der Waals surface area contributed by atoms with Crippen LogP contribution in [0, 0.1) is 5.41 Å². The molecule has 1 unspecified atom stereocenters. The topological polar surface area (TPSA) is 49.9 Å². The van der Waals surface area contributed by atoms with Crippen molar-refractivity contribution in [2.24, 2.45) is 5.73 Å². The van der Waals surface area contributed by atoms with Gasteiger partial charge in [0, 0.05) is 12.3 Å². The number of amidine groups is 1. The van der Waals surface area contributed by atoms with E-state index in [1.165, 1.54) is 0 Å². The van der Waals surface area contributed by atoms with Gasteiger partial charge in [0.15, 0.2) is 11.2 Å².